The second-order valence-electron chi connectivity index (χ2n) is 9.20. The minimum Gasteiger partial charge on any atom is -0.465 e. The molecule has 0 heterocycles. The lowest BCUT2D eigenvalue weighted by Crippen LogP contribution is -2.35. The number of carbonyl (C=O) groups excluding carboxylic acids is 2. The van der Waals surface area contributed by atoms with Gasteiger partial charge in [-0.3, -0.25) is 9.59 Å². The Balaban J connectivity index is 2.18. The summed E-state index contributed by atoms with van der Waals surface area (Å²) in [4.78, 5) is 25.0. The van der Waals surface area contributed by atoms with Crippen molar-refractivity contribution in [2.75, 3.05) is 13.2 Å². The number of carbonyl (C=O) groups is 2. The smallest absolute Gasteiger partial charge is 0.309 e. The molecule has 0 aromatic carbocycles. The molecular formula is C25H46O4. The molecule has 2 unspecified atom stereocenters. The molecule has 0 saturated heterocycles. The van der Waals surface area contributed by atoms with Gasteiger partial charge < -0.3 is 9.47 Å². The van der Waals surface area contributed by atoms with Crippen LogP contribution in [0.4, 0.5) is 0 Å². The van der Waals surface area contributed by atoms with Crippen LogP contribution in [0.5, 0.6) is 0 Å². The molecular weight excluding hydrogens is 364 g/mol. The van der Waals surface area contributed by atoms with Gasteiger partial charge in [-0.15, -0.1) is 0 Å². The van der Waals surface area contributed by atoms with Crippen molar-refractivity contribution in [2.45, 2.75) is 117 Å². The maximum Gasteiger partial charge on any atom is 0.309 e. The van der Waals surface area contributed by atoms with Crippen LogP contribution in [0.3, 0.4) is 0 Å². The highest BCUT2D eigenvalue weighted by molar-refractivity contribution is 5.82. The van der Waals surface area contributed by atoms with Gasteiger partial charge in [-0.2, -0.15) is 0 Å². The second kappa shape index (κ2) is 16.7. The van der Waals surface area contributed by atoms with Crippen molar-refractivity contribution in [3.63, 3.8) is 0 Å². The molecule has 0 bridgehead atoms. The van der Waals surface area contributed by atoms with E-state index in [4.69, 9.17) is 9.47 Å². The maximum atomic E-state index is 12.5. The van der Waals surface area contributed by atoms with Crippen LogP contribution in [-0.4, -0.2) is 25.2 Å². The molecule has 0 aromatic rings. The Labute approximate surface area is 179 Å². The summed E-state index contributed by atoms with van der Waals surface area (Å²) in [5, 5.41) is 0. The number of rotatable bonds is 16. The van der Waals surface area contributed by atoms with Crippen molar-refractivity contribution in [2.24, 2.45) is 17.8 Å². The fourth-order valence-corrected chi connectivity index (χ4v) is 4.15. The first-order valence-electron chi connectivity index (χ1n) is 12.4. The SMILES string of the molecule is CCCCCCOC(=O)C1CCCCC1C(=O)OCCCCCCCCC(C)C. The Morgan fingerprint density at radius 3 is 1.66 bits per heavy atom. The van der Waals surface area contributed by atoms with E-state index in [9.17, 15) is 9.59 Å². The van der Waals surface area contributed by atoms with Gasteiger partial charge >= 0.3 is 11.9 Å². The fraction of sp³-hybridized carbons (Fsp3) is 0.920. The molecule has 0 spiro atoms. The van der Waals surface area contributed by atoms with Gasteiger partial charge in [-0.05, 0) is 31.6 Å². The van der Waals surface area contributed by atoms with Crippen molar-refractivity contribution < 1.29 is 19.1 Å². The predicted octanol–water partition coefficient (Wildman–Crippen LogP) is 6.85. The van der Waals surface area contributed by atoms with Gasteiger partial charge in [0, 0.05) is 0 Å². The normalized spacial score (nSPS) is 19.3. The van der Waals surface area contributed by atoms with Crippen molar-refractivity contribution in [3.05, 3.63) is 0 Å². The number of hydrogen-bond acceptors (Lipinski definition) is 4. The van der Waals surface area contributed by atoms with E-state index < -0.39 is 0 Å². The average Bonchev–Trinajstić information content (AvgIpc) is 2.71. The van der Waals surface area contributed by atoms with Crippen LogP contribution in [0.2, 0.25) is 0 Å². The minimum atomic E-state index is -0.303. The summed E-state index contributed by atoms with van der Waals surface area (Å²) in [6.07, 6.45) is 16.3. The molecule has 4 heteroatoms. The first-order chi connectivity index (χ1) is 14.1. The molecule has 2 atom stereocenters. The lowest BCUT2D eigenvalue weighted by atomic mass is 9.79. The fourth-order valence-electron chi connectivity index (χ4n) is 4.15. The van der Waals surface area contributed by atoms with Gasteiger partial charge in [0.25, 0.3) is 0 Å². The van der Waals surface area contributed by atoms with E-state index in [1.54, 1.807) is 0 Å². The van der Waals surface area contributed by atoms with E-state index >= 15 is 0 Å². The molecule has 170 valence electrons. The third-order valence-electron chi connectivity index (χ3n) is 6.03. The number of unbranched alkanes of at least 4 members (excludes halogenated alkanes) is 8. The maximum absolute atomic E-state index is 12.5. The Morgan fingerprint density at radius 2 is 1.17 bits per heavy atom. The van der Waals surface area contributed by atoms with E-state index in [-0.39, 0.29) is 23.8 Å². The van der Waals surface area contributed by atoms with Gasteiger partial charge in [0.1, 0.15) is 0 Å². The Morgan fingerprint density at radius 1 is 0.724 bits per heavy atom. The van der Waals surface area contributed by atoms with Crippen LogP contribution in [0.1, 0.15) is 117 Å². The Hall–Kier alpha value is -1.06. The van der Waals surface area contributed by atoms with Crippen LogP contribution in [0.15, 0.2) is 0 Å². The summed E-state index contributed by atoms with van der Waals surface area (Å²) in [7, 11) is 0. The van der Waals surface area contributed by atoms with Crippen LogP contribution >= 0.6 is 0 Å². The second-order valence-corrected chi connectivity index (χ2v) is 9.20. The third kappa shape index (κ3) is 12.3. The Bertz CT molecular complexity index is 433. The summed E-state index contributed by atoms with van der Waals surface area (Å²) in [5.41, 5.74) is 0. The zero-order valence-electron chi connectivity index (χ0n) is 19.4. The van der Waals surface area contributed by atoms with Gasteiger partial charge in [-0.1, -0.05) is 91.4 Å². The minimum absolute atomic E-state index is 0.186. The highest BCUT2D eigenvalue weighted by atomic mass is 16.5. The molecule has 1 rings (SSSR count). The topological polar surface area (TPSA) is 52.6 Å². The summed E-state index contributed by atoms with van der Waals surface area (Å²) in [6.45, 7) is 7.68. The van der Waals surface area contributed by atoms with Gasteiger partial charge in [-0.25, -0.2) is 0 Å². The van der Waals surface area contributed by atoms with Crippen molar-refractivity contribution >= 4 is 11.9 Å². The molecule has 0 radical (unpaired) electrons. The molecule has 4 nitrogen and oxygen atoms in total. The summed E-state index contributed by atoms with van der Waals surface area (Å²) < 4.78 is 11.0. The number of ether oxygens (including phenoxy) is 2. The molecule has 0 N–H and O–H groups in total. The van der Waals surface area contributed by atoms with Crippen molar-refractivity contribution in [1.82, 2.24) is 0 Å². The molecule has 0 aliphatic heterocycles. The number of esters is 2. The summed E-state index contributed by atoms with van der Waals surface area (Å²) in [6, 6.07) is 0. The van der Waals surface area contributed by atoms with Crippen LogP contribution in [0.25, 0.3) is 0 Å². The largest absolute Gasteiger partial charge is 0.465 e. The molecule has 1 aliphatic carbocycles. The summed E-state index contributed by atoms with van der Waals surface area (Å²) in [5.74, 6) is -0.179. The molecule has 0 aromatic heterocycles. The molecule has 1 aliphatic rings. The van der Waals surface area contributed by atoms with Crippen LogP contribution < -0.4 is 0 Å². The first-order valence-corrected chi connectivity index (χ1v) is 12.4. The zero-order chi connectivity index (χ0) is 21.3. The quantitative estimate of drug-likeness (QED) is 0.206. The van der Waals surface area contributed by atoms with Gasteiger partial charge in [0.05, 0.1) is 25.0 Å². The molecule has 1 fully saturated rings. The van der Waals surface area contributed by atoms with Crippen molar-refractivity contribution in [3.8, 4) is 0 Å². The lowest BCUT2D eigenvalue weighted by molar-refractivity contribution is -0.163. The average molecular weight is 411 g/mol. The van der Waals surface area contributed by atoms with E-state index in [1.807, 2.05) is 0 Å². The number of hydrogen-bond donors (Lipinski definition) is 0. The predicted molar refractivity (Wildman–Crippen MR) is 119 cm³/mol. The highest BCUT2D eigenvalue weighted by Gasteiger charge is 2.37. The van der Waals surface area contributed by atoms with Gasteiger partial charge in [0.15, 0.2) is 0 Å². The standard InChI is InChI=1S/C25H46O4/c1-4-5-6-14-19-28-24(26)22-17-12-13-18-23(22)25(27)29-20-15-10-8-7-9-11-16-21(2)3/h21-23H,4-20H2,1-3H3. The van der Waals surface area contributed by atoms with E-state index in [1.165, 1.54) is 44.9 Å². The third-order valence-corrected chi connectivity index (χ3v) is 6.03. The lowest BCUT2D eigenvalue weighted by Gasteiger charge is -2.28. The Kier molecular flexibility index (Phi) is 15.0. The van der Waals surface area contributed by atoms with Crippen LogP contribution in [-0.2, 0) is 19.1 Å². The first kappa shape index (κ1) is 26.0. The molecule has 29 heavy (non-hydrogen) atoms. The van der Waals surface area contributed by atoms with E-state index in [0.29, 0.717) is 13.2 Å². The van der Waals surface area contributed by atoms with E-state index in [2.05, 4.69) is 20.8 Å². The van der Waals surface area contributed by atoms with E-state index in [0.717, 1.165) is 57.3 Å². The molecule has 1 saturated carbocycles. The van der Waals surface area contributed by atoms with Gasteiger partial charge in [0.2, 0.25) is 0 Å². The molecule has 0 amide bonds. The summed E-state index contributed by atoms with van der Waals surface area (Å²) >= 11 is 0. The highest BCUT2D eigenvalue weighted by Crippen LogP contribution is 2.32. The van der Waals surface area contributed by atoms with Crippen LogP contribution in [0, 0.1) is 17.8 Å². The van der Waals surface area contributed by atoms with Crippen molar-refractivity contribution in [1.29, 1.82) is 0 Å². The zero-order valence-corrected chi connectivity index (χ0v) is 19.4. The monoisotopic (exact) mass is 410 g/mol.